The van der Waals surface area contributed by atoms with Gasteiger partial charge in [0.1, 0.15) is 5.75 Å². The Bertz CT molecular complexity index is 1270. The summed E-state index contributed by atoms with van der Waals surface area (Å²) in [5, 5.41) is 30.2. The molecule has 3 N–H and O–H groups in total. The van der Waals surface area contributed by atoms with E-state index >= 15 is 0 Å². The predicted molar refractivity (Wildman–Crippen MR) is 130 cm³/mol. The quantitative estimate of drug-likeness (QED) is 0.347. The number of pyridine rings is 1. The summed E-state index contributed by atoms with van der Waals surface area (Å²) in [6.45, 7) is 2.35. The summed E-state index contributed by atoms with van der Waals surface area (Å²) in [6.07, 6.45) is 9.87. The summed E-state index contributed by atoms with van der Waals surface area (Å²) >= 11 is 0. The lowest BCUT2D eigenvalue weighted by atomic mass is 9.79. The number of hydrogen-bond donors (Lipinski definition) is 3. The third-order valence-corrected chi connectivity index (χ3v) is 7.93. The zero-order valence-corrected chi connectivity index (χ0v) is 20.1. The molecule has 0 atom stereocenters. The van der Waals surface area contributed by atoms with Crippen LogP contribution in [0.3, 0.4) is 0 Å². The molecule has 0 aliphatic heterocycles. The van der Waals surface area contributed by atoms with Crippen LogP contribution in [0, 0.1) is 5.92 Å². The molecule has 8 nitrogen and oxygen atoms in total. The van der Waals surface area contributed by atoms with Crippen LogP contribution in [0.5, 0.6) is 5.75 Å². The molecule has 0 bridgehead atoms. The van der Waals surface area contributed by atoms with Gasteiger partial charge in [-0.2, -0.15) is 5.10 Å². The number of benzene rings is 1. The number of anilines is 1. The molecule has 3 aromatic rings. The Labute approximate surface area is 204 Å². The maximum Gasteiger partial charge on any atom is 0.325 e. The van der Waals surface area contributed by atoms with E-state index in [-0.39, 0.29) is 11.7 Å². The Morgan fingerprint density at radius 1 is 1.20 bits per heavy atom. The van der Waals surface area contributed by atoms with Crippen LogP contribution in [0.4, 0.5) is 5.69 Å². The molecule has 2 heterocycles. The van der Waals surface area contributed by atoms with Gasteiger partial charge in [-0.05, 0) is 76.3 Å². The molecule has 35 heavy (non-hydrogen) atoms. The van der Waals surface area contributed by atoms with E-state index in [9.17, 15) is 15.1 Å². The molecule has 184 valence electrons. The van der Waals surface area contributed by atoms with Gasteiger partial charge in [0.25, 0.3) is 0 Å². The molecule has 1 amide bonds. The summed E-state index contributed by atoms with van der Waals surface area (Å²) in [7, 11) is 0. The molecule has 3 fully saturated rings. The second-order valence-corrected chi connectivity index (χ2v) is 10.4. The molecule has 3 aliphatic carbocycles. The van der Waals surface area contributed by atoms with Gasteiger partial charge in [0.15, 0.2) is 0 Å². The molecule has 0 unspecified atom stereocenters. The zero-order chi connectivity index (χ0) is 24.2. The highest BCUT2D eigenvalue weighted by Crippen LogP contribution is 2.49. The number of rotatable bonds is 7. The lowest BCUT2D eigenvalue weighted by Gasteiger charge is -2.36. The van der Waals surface area contributed by atoms with Gasteiger partial charge < -0.3 is 15.2 Å². The number of aliphatic hydroxyl groups is 1. The lowest BCUT2D eigenvalue weighted by Crippen LogP contribution is -2.43. The average Bonchev–Trinajstić information content (AvgIpc) is 3.77. The van der Waals surface area contributed by atoms with Gasteiger partial charge in [-0.1, -0.05) is 0 Å². The molecule has 1 aromatic carbocycles. The minimum Gasteiger partial charge on any atom is -0.492 e. The van der Waals surface area contributed by atoms with E-state index < -0.39 is 11.5 Å². The molecule has 6 rings (SSSR count). The van der Waals surface area contributed by atoms with Crippen LogP contribution in [-0.2, 0) is 0 Å². The van der Waals surface area contributed by atoms with Crippen LogP contribution in [-0.4, -0.2) is 38.2 Å². The summed E-state index contributed by atoms with van der Waals surface area (Å²) in [5.74, 6) is 0.958. The highest BCUT2D eigenvalue weighted by atomic mass is 16.5. The second kappa shape index (κ2) is 8.52. The zero-order valence-electron chi connectivity index (χ0n) is 20.1. The van der Waals surface area contributed by atoms with Crippen molar-refractivity contribution in [2.24, 2.45) is 5.92 Å². The first kappa shape index (κ1) is 22.3. The molecular weight excluding hydrogens is 444 g/mol. The van der Waals surface area contributed by atoms with Crippen LogP contribution in [0.15, 0.2) is 36.5 Å². The van der Waals surface area contributed by atoms with Crippen LogP contribution in [0.1, 0.15) is 86.4 Å². The van der Waals surface area contributed by atoms with E-state index in [1.165, 1.54) is 0 Å². The van der Waals surface area contributed by atoms with Crippen LogP contribution in [0.2, 0.25) is 0 Å². The fourth-order valence-electron chi connectivity index (χ4n) is 5.59. The number of aromatic nitrogens is 3. The van der Waals surface area contributed by atoms with Gasteiger partial charge in [0, 0.05) is 40.4 Å². The number of fused-ring (bicyclic) bond motifs is 1. The molecular formula is C27H33N4O4+. The molecule has 8 heteroatoms. The summed E-state index contributed by atoms with van der Waals surface area (Å²) in [4.78, 5) is 13.1. The Morgan fingerprint density at radius 3 is 2.66 bits per heavy atom. The monoisotopic (exact) mass is 477 g/mol. The van der Waals surface area contributed by atoms with Gasteiger partial charge in [-0.25, -0.2) is 0 Å². The predicted octanol–water partition coefficient (Wildman–Crippen LogP) is 4.35. The number of ether oxygens (including phenoxy) is 1. The SMILES string of the molecule is CCOc1cc2nn(C3CCC(O)(C4CC4)CC3)cc2cc1NC(=O)c1cccc(C2CC2)[n+]1O. The van der Waals surface area contributed by atoms with Crippen molar-refractivity contribution < 1.29 is 24.6 Å². The van der Waals surface area contributed by atoms with Gasteiger partial charge in [-0.15, -0.1) is 0 Å². The fourth-order valence-corrected chi connectivity index (χ4v) is 5.59. The molecule has 2 aromatic heterocycles. The topological polar surface area (TPSA) is 100 Å². The highest BCUT2D eigenvalue weighted by Gasteiger charge is 2.46. The van der Waals surface area contributed by atoms with Gasteiger partial charge >= 0.3 is 11.6 Å². The first-order chi connectivity index (χ1) is 16.9. The number of nitrogens with zero attached hydrogens (tertiary/aromatic N) is 3. The Kier molecular flexibility index (Phi) is 5.44. The molecule has 0 saturated heterocycles. The van der Waals surface area contributed by atoms with E-state index in [0.717, 1.165) is 72.7 Å². The molecule has 0 spiro atoms. The van der Waals surface area contributed by atoms with Crippen molar-refractivity contribution in [2.75, 3.05) is 11.9 Å². The van der Waals surface area contributed by atoms with Crippen LogP contribution < -0.4 is 14.8 Å². The minimum absolute atomic E-state index is 0.193. The number of nitrogens with one attached hydrogen (secondary N) is 1. The number of amides is 1. The van der Waals surface area contributed by atoms with Crippen LogP contribution in [0.25, 0.3) is 10.9 Å². The van der Waals surface area contributed by atoms with E-state index in [0.29, 0.717) is 29.9 Å². The van der Waals surface area contributed by atoms with E-state index in [1.54, 1.807) is 12.1 Å². The largest absolute Gasteiger partial charge is 0.492 e. The van der Waals surface area contributed by atoms with E-state index in [4.69, 9.17) is 9.84 Å². The maximum atomic E-state index is 13.1. The normalized spacial score (nSPS) is 24.5. The summed E-state index contributed by atoms with van der Waals surface area (Å²) in [6, 6.07) is 9.29. The van der Waals surface area contributed by atoms with Crippen molar-refractivity contribution in [1.29, 1.82) is 0 Å². The summed E-state index contributed by atoms with van der Waals surface area (Å²) in [5.41, 5.74) is 1.83. The van der Waals surface area contributed by atoms with Crippen molar-refractivity contribution in [3.63, 3.8) is 0 Å². The Morgan fingerprint density at radius 2 is 1.97 bits per heavy atom. The van der Waals surface area contributed by atoms with Gasteiger partial charge in [0.2, 0.25) is 5.69 Å². The molecule has 3 saturated carbocycles. The third-order valence-electron chi connectivity index (χ3n) is 7.93. The Balaban J connectivity index is 1.25. The van der Waals surface area contributed by atoms with Crippen molar-refractivity contribution in [3.05, 3.63) is 47.9 Å². The number of hydrogen-bond acceptors (Lipinski definition) is 5. The average molecular weight is 478 g/mol. The van der Waals surface area contributed by atoms with Gasteiger partial charge in [0.05, 0.1) is 29.5 Å². The number of carbonyl (C=O) groups is 1. The number of carbonyl (C=O) groups excluding carboxylic acids is 1. The van der Waals surface area contributed by atoms with Crippen LogP contribution >= 0.6 is 0 Å². The standard InChI is InChI=1S/C27H32N4O4/c1-2-35-25-15-21-18(16-30(29-21)20-10-12-27(33,13-11-20)19-8-9-19)14-22(25)28-26(32)24-5-3-4-23(31(24)34)17-6-7-17/h3-5,14-17,19-20,33H,2,6-13H2,1H3,(H-,28,32,34)/p+1. The van der Waals surface area contributed by atoms with Gasteiger partial charge in [-0.3, -0.25) is 14.7 Å². The first-order valence-electron chi connectivity index (χ1n) is 12.9. The molecule has 0 radical (unpaired) electrons. The van der Waals surface area contributed by atoms with E-state index in [1.807, 2.05) is 36.0 Å². The maximum absolute atomic E-state index is 13.1. The fraction of sp³-hybridized carbons (Fsp3) is 0.519. The van der Waals surface area contributed by atoms with E-state index in [2.05, 4.69) is 5.32 Å². The minimum atomic E-state index is -0.483. The Hall–Kier alpha value is -3.13. The van der Waals surface area contributed by atoms with Crippen molar-refractivity contribution in [1.82, 2.24) is 9.78 Å². The second-order valence-electron chi connectivity index (χ2n) is 10.4. The van der Waals surface area contributed by atoms with Crippen molar-refractivity contribution >= 4 is 22.5 Å². The van der Waals surface area contributed by atoms with Crippen molar-refractivity contribution in [3.8, 4) is 5.75 Å². The first-order valence-corrected chi connectivity index (χ1v) is 12.9. The van der Waals surface area contributed by atoms with Crippen molar-refractivity contribution in [2.45, 2.75) is 75.9 Å². The smallest absolute Gasteiger partial charge is 0.325 e. The third kappa shape index (κ3) is 4.24. The highest BCUT2D eigenvalue weighted by molar-refractivity contribution is 6.04. The molecule has 3 aliphatic rings. The summed E-state index contributed by atoms with van der Waals surface area (Å²) < 4.78 is 8.86. The lowest BCUT2D eigenvalue weighted by molar-refractivity contribution is -0.910.